The number of carbonyl (C=O) groups is 1. The van der Waals surface area contributed by atoms with E-state index in [1.807, 2.05) is 0 Å². The number of hydrogen-bond donors (Lipinski definition) is 1. The fourth-order valence-electron chi connectivity index (χ4n) is 2.98. The molecule has 1 amide bonds. The molecule has 3 rings (SSSR count). The van der Waals surface area contributed by atoms with Crippen molar-refractivity contribution in [2.45, 2.75) is 30.7 Å². The van der Waals surface area contributed by atoms with E-state index in [0.29, 0.717) is 24.1 Å². The summed E-state index contributed by atoms with van der Waals surface area (Å²) >= 11 is 3.28. The van der Waals surface area contributed by atoms with Gasteiger partial charge in [0.05, 0.1) is 4.90 Å². The van der Waals surface area contributed by atoms with Crippen LogP contribution in [0.5, 0.6) is 0 Å². The fraction of sp³-hybridized carbons (Fsp3) is 0.278. The average molecular weight is 441 g/mol. The van der Waals surface area contributed by atoms with Crippen LogP contribution in [-0.4, -0.2) is 31.2 Å². The Morgan fingerprint density at radius 3 is 2.62 bits per heavy atom. The van der Waals surface area contributed by atoms with E-state index in [1.165, 1.54) is 28.6 Å². The van der Waals surface area contributed by atoms with E-state index in [-0.39, 0.29) is 11.4 Å². The van der Waals surface area contributed by atoms with Crippen LogP contribution in [0.25, 0.3) is 0 Å². The van der Waals surface area contributed by atoms with E-state index in [9.17, 15) is 17.6 Å². The molecule has 1 atom stereocenters. The lowest BCUT2D eigenvalue weighted by molar-refractivity contribution is -0.119. The van der Waals surface area contributed by atoms with Gasteiger partial charge in [0.1, 0.15) is 11.9 Å². The molecule has 1 heterocycles. The van der Waals surface area contributed by atoms with Gasteiger partial charge in [0.15, 0.2) is 0 Å². The monoisotopic (exact) mass is 440 g/mol. The molecule has 2 aromatic rings. The summed E-state index contributed by atoms with van der Waals surface area (Å²) in [6.07, 6.45) is 1.02. The summed E-state index contributed by atoms with van der Waals surface area (Å²) in [5.74, 6) is -0.909. The van der Waals surface area contributed by atoms with Gasteiger partial charge < -0.3 is 5.32 Å². The molecule has 2 aromatic carbocycles. The number of halogens is 2. The highest BCUT2D eigenvalue weighted by atomic mass is 79.9. The number of aryl methyl sites for hydroxylation is 1. The van der Waals surface area contributed by atoms with Gasteiger partial charge in [0, 0.05) is 16.7 Å². The van der Waals surface area contributed by atoms with E-state index >= 15 is 0 Å². The second-order valence-electron chi connectivity index (χ2n) is 6.18. The molecule has 8 heteroatoms. The van der Waals surface area contributed by atoms with E-state index in [2.05, 4.69) is 21.2 Å². The fourth-order valence-corrected chi connectivity index (χ4v) is 4.90. The van der Waals surface area contributed by atoms with Crippen molar-refractivity contribution in [1.82, 2.24) is 4.31 Å². The van der Waals surface area contributed by atoms with Gasteiger partial charge in [-0.15, -0.1) is 0 Å². The number of hydrogen-bond acceptors (Lipinski definition) is 3. The van der Waals surface area contributed by atoms with E-state index < -0.39 is 27.8 Å². The van der Waals surface area contributed by atoms with Gasteiger partial charge in [-0.25, -0.2) is 12.8 Å². The first-order chi connectivity index (χ1) is 12.3. The van der Waals surface area contributed by atoms with Gasteiger partial charge in [-0.2, -0.15) is 4.31 Å². The predicted octanol–water partition coefficient (Wildman–Crippen LogP) is 3.69. The molecule has 26 heavy (non-hydrogen) atoms. The molecule has 5 nitrogen and oxygen atoms in total. The molecular weight excluding hydrogens is 423 g/mol. The first-order valence-corrected chi connectivity index (χ1v) is 10.4. The smallest absolute Gasteiger partial charge is 0.243 e. The average Bonchev–Trinajstić information content (AvgIpc) is 3.09. The van der Waals surface area contributed by atoms with Crippen LogP contribution in [0.3, 0.4) is 0 Å². The number of sulfonamides is 1. The molecule has 0 spiro atoms. The van der Waals surface area contributed by atoms with Crippen molar-refractivity contribution in [3.63, 3.8) is 0 Å². The zero-order valence-electron chi connectivity index (χ0n) is 14.1. The van der Waals surface area contributed by atoms with Gasteiger partial charge in [0.2, 0.25) is 15.9 Å². The highest BCUT2D eigenvalue weighted by Crippen LogP contribution is 2.28. The number of rotatable bonds is 4. The molecule has 1 aliphatic heterocycles. The van der Waals surface area contributed by atoms with Gasteiger partial charge in [-0.05, 0) is 61.7 Å². The normalized spacial score (nSPS) is 18.0. The molecule has 1 unspecified atom stereocenters. The lowest BCUT2D eigenvalue weighted by Gasteiger charge is -2.23. The van der Waals surface area contributed by atoms with Crippen molar-refractivity contribution in [2.24, 2.45) is 0 Å². The number of nitrogens with zero attached hydrogens (tertiary/aromatic N) is 1. The zero-order valence-corrected chi connectivity index (χ0v) is 16.5. The van der Waals surface area contributed by atoms with Gasteiger partial charge in [-0.3, -0.25) is 4.79 Å². The summed E-state index contributed by atoms with van der Waals surface area (Å²) in [5.41, 5.74) is 1.06. The number of anilines is 1. The molecule has 0 aromatic heterocycles. The SMILES string of the molecule is Cc1ccc(F)cc1NC(=O)C1CCCN1S(=O)(=O)c1ccc(Br)cc1. The summed E-state index contributed by atoms with van der Waals surface area (Å²) in [4.78, 5) is 12.8. The first-order valence-electron chi connectivity index (χ1n) is 8.13. The van der Waals surface area contributed by atoms with Crippen LogP contribution in [0.1, 0.15) is 18.4 Å². The molecule has 0 saturated carbocycles. The third-order valence-electron chi connectivity index (χ3n) is 4.38. The molecule has 1 N–H and O–H groups in total. The Labute approximate surface area is 160 Å². The van der Waals surface area contributed by atoms with Crippen LogP contribution < -0.4 is 5.32 Å². The second kappa shape index (κ2) is 7.46. The molecular formula is C18H18BrFN2O3S. The Hall–Kier alpha value is -1.77. The topological polar surface area (TPSA) is 66.5 Å². The predicted molar refractivity (Wildman–Crippen MR) is 101 cm³/mol. The Morgan fingerprint density at radius 1 is 1.23 bits per heavy atom. The summed E-state index contributed by atoms with van der Waals surface area (Å²) in [6, 6.07) is 9.59. The van der Waals surface area contributed by atoms with E-state index in [0.717, 1.165) is 4.47 Å². The largest absolute Gasteiger partial charge is 0.324 e. The van der Waals surface area contributed by atoms with Crippen molar-refractivity contribution in [3.05, 3.63) is 58.3 Å². The molecule has 1 fully saturated rings. The molecule has 1 aliphatic rings. The van der Waals surface area contributed by atoms with Crippen molar-refractivity contribution in [1.29, 1.82) is 0 Å². The maximum atomic E-state index is 13.4. The third kappa shape index (κ3) is 3.82. The highest BCUT2D eigenvalue weighted by Gasteiger charge is 2.39. The zero-order chi connectivity index (χ0) is 18.9. The number of carbonyl (C=O) groups excluding carboxylic acids is 1. The van der Waals surface area contributed by atoms with Crippen LogP contribution >= 0.6 is 15.9 Å². The van der Waals surface area contributed by atoms with E-state index in [4.69, 9.17) is 0 Å². The summed E-state index contributed by atoms with van der Waals surface area (Å²) < 4.78 is 41.2. The molecule has 138 valence electrons. The minimum atomic E-state index is -3.78. The van der Waals surface area contributed by atoms with Gasteiger partial charge in [-0.1, -0.05) is 22.0 Å². The maximum Gasteiger partial charge on any atom is 0.243 e. The van der Waals surface area contributed by atoms with Crippen molar-refractivity contribution in [3.8, 4) is 0 Å². The Morgan fingerprint density at radius 2 is 1.92 bits per heavy atom. The Kier molecular flexibility index (Phi) is 5.45. The third-order valence-corrected chi connectivity index (χ3v) is 6.84. The minimum Gasteiger partial charge on any atom is -0.324 e. The summed E-state index contributed by atoms with van der Waals surface area (Å²) in [7, 11) is -3.78. The number of benzene rings is 2. The number of nitrogens with one attached hydrogen (secondary N) is 1. The van der Waals surface area contributed by atoms with Crippen LogP contribution in [0, 0.1) is 12.7 Å². The lowest BCUT2D eigenvalue weighted by Crippen LogP contribution is -2.43. The Balaban J connectivity index is 1.84. The lowest BCUT2D eigenvalue weighted by atomic mass is 10.1. The molecule has 1 saturated heterocycles. The minimum absolute atomic E-state index is 0.141. The summed E-state index contributed by atoms with van der Waals surface area (Å²) in [6.45, 7) is 2.03. The van der Waals surface area contributed by atoms with Crippen LogP contribution in [0.15, 0.2) is 51.8 Å². The number of amides is 1. The molecule has 0 radical (unpaired) electrons. The van der Waals surface area contributed by atoms with Crippen molar-refractivity contribution < 1.29 is 17.6 Å². The van der Waals surface area contributed by atoms with Crippen LogP contribution in [0.4, 0.5) is 10.1 Å². The summed E-state index contributed by atoms with van der Waals surface area (Å²) in [5, 5.41) is 2.66. The molecule has 0 aliphatic carbocycles. The highest BCUT2D eigenvalue weighted by molar-refractivity contribution is 9.10. The van der Waals surface area contributed by atoms with Gasteiger partial charge >= 0.3 is 0 Å². The second-order valence-corrected chi connectivity index (χ2v) is 8.98. The van der Waals surface area contributed by atoms with Crippen LogP contribution in [-0.2, 0) is 14.8 Å². The van der Waals surface area contributed by atoms with Gasteiger partial charge in [0.25, 0.3) is 0 Å². The first kappa shape index (κ1) is 19.0. The molecule has 0 bridgehead atoms. The van der Waals surface area contributed by atoms with E-state index in [1.54, 1.807) is 25.1 Å². The standard InChI is InChI=1S/C18H18BrFN2O3S/c1-12-4-7-14(20)11-16(12)21-18(23)17-3-2-10-22(17)26(24,25)15-8-5-13(19)6-9-15/h4-9,11,17H,2-3,10H2,1H3,(H,21,23). The van der Waals surface area contributed by atoms with Crippen molar-refractivity contribution >= 4 is 37.5 Å². The van der Waals surface area contributed by atoms with Crippen LogP contribution in [0.2, 0.25) is 0 Å². The maximum absolute atomic E-state index is 13.4. The quantitative estimate of drug-likeness (QED) is 0.787. The Bertz CT molecular complexity index is 932. The van der Waals surface area contributed by atoms with Crippen molar-refractivity contribution in [2.75, 3.05) is 11.9 Å².